The molecule has 8 aromatic rings. The topological polar surface area (TPSA) is 18.5 Å². The molecule has 6 heteroatoms. The maximum Gasteiger partial charge on any atom is 0.249 e. The van der Waals surface area contributed by atoms with E-state index >= 15 is 0 Å². The van der Waals surface area contributed by atoms with Gasteiger partial charge in [0.1, 0.15) is 0 Å². The number of hydrogen-bond acceptors (Lipinski definition) is 2. The first-order valence-corrected chi connectivity index (χ1v) is 32.7. The standard InChI is InChI=1S/C56H58O2Si4/c1-55(2,3)57-59(47-31-15-7-16-32-47,48-33-17-8-18-34-48)61(51-39-23-11-24-40-51,52-41-25-12-26-42-52)62(53-43-27-13-28-44-53,54-45-29-14-30-46-54)60(58-56(4,5)6,49-35-19-9-20-36-49)50-37-21-10-22-38-50/h7-46H,1-6H3. The second kappa shape index (κ2) is 17.7. The van der Waals surface area contributed by atoms with Crippen LogP contribution in [-0.2, 0) is 8.85 Å². The molecule has 0 aromatic heterocycles. The molecule has 0 fully saturated rings. The van der Waals surface area contributed by atoms with Crippen molar-refractivity contribution < 1.29 is 8.85 Å². The van der Waals surface area contributed by atoms with Crippen molar-refractivity contribution in [3.8, 4) is 0 Å². The molecule has 0 saturated carbocycles. The van der Waals surface area contributed by atoms with Crippen LogP contribution in [0.3, 0.4) is 0 Å². The summed E-state index contributed by atoms with van der Waals surface area (Å²) >= 11 is 0. The minimum atomic E-state index is -3.79. The van der Waals surface area contributed by atoms with Crippen molar-refractivity contribution >= 4 is 71.4 Å². The van der Waals surface area contributed by atoms with Crippen LogP contribution in [0.2, 0.25) is 0 Å². The van der Waals surface area contributed by atoms with Crippen molar-refractivity contribution in [3.63, 3.8) is 0 Å². The van der Waals surface area contributed by atoms with Gasteiger partial charge in [0.2, 0.25) is 15.7 Å². The predicted octanol–water partition coefficient (Wildman–Crippen LogP) is 7.90. The molecule has 62 heavy (non-hydrogen) atoms. The first-order chi connectivity index (χ1) is 30.0. The zero-order valence-corrected chi connectivity index (χ0v) is 40.9. The Morgan fingerprint density at radius 1 is 0.226 bits per heavy atom. The van der Waals surface area contributed by atoms with E-state index in [9.17, 15) is 0 Å². The molecule has 8 aromatic carbocycles. The first-order valence-electron chi connectivity index (χ1n) is 21.9. The van der Waals surface area contributed by atoms with Crippen LogP contribution in [-0.4, -0.2) is 41.1 Å². The molecule has 0 radical (unpaired) electrons. The fourth-order valence-electron chi connectivity index (χ4n) is 10.5. The summed E-state index contributed by atoms with van der Waals surface area (Å²) in [5.74, 6) is 0. The normalized spacial score (nSPS) is 12.8. The molecular formula is C56H58O2Si4. The van der Waals surface area contributed by atoms with E-state index < -0.39 is 41.1 Å². The molecule has 2 nitrogen and oxygen atoms in total. The average Bonchev–Trinajstić information content (AvgIpc) is 3.31. The summed E-state index contributed by atoms with van der Waals surface area (Å²) in [7, 11) is -15.1. The summed E-state index contributed by atoms with van der Waals surface area (Å²) in [6, 6.07) is 92.4. The summed E-state index contributed by atoms with van der Waals surface area (Å²) in [6.07, 6.45) is 0. The van der Waals surface area contributed by atoms with Gasteiger partial charge >= 0.3 is 0 Å². The first kappa shape index (κ1) is 43.2. The van der Waals surface area contributed by atoms with Gasteiger partial charge in [-0.05, 0) is 62.3 Å². The maximum atomic E-state index is 8.62. The highest BCUT2D eigenvalue weighted by molar-refractivity contribution is 7.98. The van der Waals surface area contributed by atoms with E-state index in [4.69, 9.17) is 8.85 Å². The monoisotopic (exact) mass is 874 g/mol. The number of rotatable bonds is 13. The van der Waals surface area contributed by atoms with Gasteiger partial charge in [0.05, 0.1) is 0 Å². The fraction of sp³-hybridized carbons (Fsp3) is 0.143. The molecule has 0 aliphatic heterocycles. The van der Waals surface area contributed by atoms with Gasteiger partial charge in [0.25, 0.3) is 0 Å². The molecule has 0 N–H and O–H groups in total. The highest BCUT2D eigenvalue weighted by Crippen LogP contribution is 2.40. The van der Waals surface area contributed by atoms with E-state index in [2.05, 4.69) is 284 Å². The van der Waals surface area contributed by atoms with Crippen LogP contribution in [0.5, 0.6) is 0 Å². The Bertz CT molecular complexity index is 2270. The van der Waals surface area contributed by atoms with Crippen molar-refractivity contribution in [2.24, 2.45) is 0 Å². The molecule has 0 saturated heterocycles. The van der Waals surface area contributed by atoms with E-state index in [0.29, 0.717) is 0 Å². The average molecular weight is 875 g/mol. The Hall–Kier alpha value is -5.45. The Morgan fingerprint density at radius 3 is 0.516 bits per heavy atom. The minimum Gasteiger partial charge on any atom is -0.405 e. The molecule has 0 bridgehead atoms. The molecule has 0 unspecified atom stereocenters. The summed E-state index contributed by atoms with van der Waals surface area (Å²) in [5.41, 5.74) is -1.14. The number of hydrogen-bond donors (Lipinski definition) is 0. The molecular weight excluding hydrogens is 817 g/mol. The predicted molar refractivity (Wildman–Crippen MR) is 273 cm³/mol. The smallest absolute Gasteiger partial charge is 0.249 e. The van der Waals surface area contributed by atoms with Crippen molar-refractivity contribution in [2.45, 2.75) is 52.7 Å². The van der Waals surface area contributed by atoms with E-state index in [1.165, 1.54) is 41.5 Å². The van der Waals surface area contributed by atoms with Crippen LogP contribution in [0.25, 0.3) is 0 Å². The molecule has 8 rings (SSSR count). The molecule has 0 aliphatic carbocycles. The molecule has 0 amide bonds. The molecule has 0 heterocycles. The lowest BCUT2D eigenvalue weighted by Gasteiger charge is -2.64. The minimum absolute atomic E-state index is 0.568. The van der Waals surface area contributed by atoms with Crippen molar-refractivity contribution in [1.29, 1.82) is 0 Å². The molecule has 0 spiro atoms. The third-order valence-electron chi connectivity index (χ3n) is 12.1. The summed E-state index contributed by atoms with van der Waals surface area (Å²) in [6.45, 7) is 13.6. The zero-order valence-electron chi connectivity index (χ0n) is 36.9. The van der Waals surface area contributed by atoms with Gasteiger partial charge in [-0.2, -0.15) is 0 Å². The van der Waals surface area contributed by atoms with Crippen molar-refractivity contribution in [1.82, 2.24) is 0 Å². The van der Waals surface area contributed by atoms with Gasteiger partial charge in [-0.3, -0.25) is 0 Å². The van der Waals surface area contributed by atoms with E-state index in [0.717, 1.165) is 0 Å². The SMILES string of the molecule is CC(C)(C)O[Si](c1ccccc1)(c1ccccc1)[Si](c1ccccc1)(c1ccccc1)[Si](c1ccccc1)(c1ccccc1)[Si](OC(C)(C)C)(c1ccccc1)c1ccccc1. The van der Waals surface area contributed by atoms with Gasteiger partial charge in [-0.1, -0.05) is 263 Å². The largest absolute Gasteiger partial charge is 0.405 e. The molecule has 0 aliphatic rings. The summed E-state index contributed by atoms with van der Waals surface area (Å²) in [4.78, 5) is 0. The van der Waals surface area contributed by atoms with E-state index in [-0.39, 0.29) is 0 Å². The zero-order chi connectivity index (χ0) is 43.3. The van der Waals surface area contributed by atoms with Gasteiger partial charge in [-0.25, -0.2) is 0 Å². The lowest BCUT2D eigenvalue weighted by Crippen LogP contribution is -3.08. The quantitative estimate of drug-likeness (QED) is 0.110. The highest BCUT2D eigenvalue weighted by Gasteiger charge is 2.81. The Kier molecular flexibility index (Phi) is 12.4. The summed E-state index contributed by atoms with van der Waals surface area (Å²) < 4.78 is 17.2. The Morgan fingerprint density at radius 2 is 0.371 bits per heavy atom. The van der Waals surface area contributed by atoms with Crippen LogP contribution in [0.15, 0.2) is 243 Å². The van der Waals surface area contributed by atoms with Crippen molar-refractivity contribution in [3.05, 3.63) is 243 Å². The summed E-state index contributed by atoms with van der Waals surface area (Å²) in [5, 5.41) is 10.5. The second-order valence-electron chi connectivity index (χ2n) is 18.2. The van der Waals surface area contributed by atoms with Crippen LogP contribution in [0.4, 0.5) is 0 Å². The third kappa shape index (κ3) is 7.38. The van der Waals surface area contributed by atoms with Crippen LogP contribution >= 0.6 is 0 Å². The van der Waals surface area contributed by atoms with E-state index in [1.54, 1.807) is 0 Å². The van der Waals surface area contributed by atoms with Gasteiger partial charge < -0.3 is 8.85 Å². The lowest BCUT2D eigenvalue weighted by atomic mass is 10.2. The fourth-order valence-corrected chi connectivity index (χ4v) is 83.5. The Balaban J connectivity index is 1.86. The van der Waals surface area contributed by atoms with Crippen LogP contribution in [0.1, 0.15) is 41.5 Å². The third-order valence-corrected chi connectivity index (χ3v) is 62.6. The van der Waals surface area contributed by atoms with Crippen LogP contribution < -0.4 is 41.5 Å². The number of benzene rings is 8. The Labute approximate surface area is 373 Å². The molecule has 0 atom stereocenters. The van der Waals surface area contributed by atoms with Gasteiger partial charge in [0, 0.05) is 11.2 Å². The van der Waals surface area contributed by atoms with E-state index in [1.807, 2.05) is 0 Å². The molecule has 310 valence electrons. The van der Waals surface area contributed by atoms with Gasteiger partial charge in [0.15, 0.2) is 14.2 Å². The second-order valence-corrected chi connectivity index (χ2v) is 45.2. The highest BCUT2D eigenvalue weighted by atomic mass is 29.8. The maximum absolute atomic E-state index is 8.62. The van der Waals surface area contributed by atoms with Crippen LogP contribution in [0, 0.1) is 0 Å². The van der Waals surface area contributed by atoms with Gasteiger partial charge in [-0.15, -0.1) is 0 Å². The van der Waals surface area contributed by atoms with Crippen molar-refractivity contribution in [2.75, 3.05) is 0 Å². The lowest BCUT2D eigenvalue weighted by molar-refractivity contribution is 0.130.